The predicted octanol–water partition coefficient (Wildman–Crippen LogP) is 1.26. The summed E-state index contributed by atoms with van der Waals surface area (Å²) < 4.78 is 0. The first-order valence-electron chi connectivity index (χ1n) is 6.13. The molecule has 1 rings (SSSR count). The summed E-state index contributed by atoms with van der Waals surface area (Å²) in [5, 5.41) is 5.59. The number of carbonyl (C=O) groups excluding carboxylic acids is 2. The molecule has 98 valence electrons. The van der Waals surface area contributed by atoms with E-state index in [0.717, 1.165) is 12.8 Å². The van der Waals surface area contributed by atoms with Gasteiger partial charge in [0.25, 0.3) is 0 Å². The zero-order chi connectivity index (χ0) is 13.4. The van der Waals surface area contributed by atoms with Crippen molar-refractivity contribution < 1.29 is 9.59 Å². The van der Waals surface area contributed by atoms with Gasteiger partial charge in [0.05, 0.1) is 0 Å². The molecule has 4 nitrogen and oxygen atoms in total. The molecule has 0 aliphatic heterocycles. The molecule has 0 aliphatic carbocycles. The summed E-state index contributed by atoms with van der Waals surface area (Å²) in [6.45, 7) is 3.44. The Kier molecular flexibility index (Phi) is 5.91. The van der Waals surface area contributed by atoms with Crippen molar-refractivity contribution in [3.05, 3.63) is 35.9 Å². The Labute approximate surface area is 108 Å². The second-order valence-corrected chi connectivity index (χ2v) is 4.36. The maximum Gasteiger partial charge on any atom is 0.217 e. The summed E-state index contributed by atoms with van der Waals surface area (Å²) in [5.74, 6) is -0.150. The highest BCUT2D eigenvalue weighted by Gasteiger charge is 2.10. The van der Waals surface area contributed by atoms with Crippen molar-refractivity contribution in [1.29, 1.82) is 0 Å². The van der Waals surface area contributed by atoms with Crippen LogP contribution in [0.1, 0.15) is 25.8 Å². The number of amides is 2. The fourth-order valence-corrected chi connectivity index (χ4v) is 1.77. The average Bonchev–Trinajstić information content (AvgIpc) is 2.33. The monoisotopic (exact) mass is 248 g/mol. The summed E-state index contributed by atoms with van der Waals surface area (Å²) in [6.07, 6.45) is 1.69. The first-order valence-corrected chi connectivity index (χ1v) is 6.13. The lowest BCUT2D eigenvalue weighted by Gasteiger charge is -2.18. The smallest absolute Gasteiger partial charge is 0.217 e. The molecule has 18 heavy (non-hydrogen) atoms. The van der Waals surface area contributed by atoms with Crippen molar-refractivity contribution in [2.24, 2.45) is 0 Å². The number of aryl methyl sites for hydroxylation is 1. The molecule has 0 saturated carbocycles. The molecule has 2 N–H and O–H groups in total. The summed E-state index contributed by atoms with van der Waals surface area (Å²) in [4.78, 5) is 22.0. The van der Waals surface area contributed by atoms with Crippen molar-refractivity contribution in [1.82, 2.24) is 10.6 Å². The van der Waals surface area contributed by atoms with Gasteiger partial charge in [-0.2, -0.15) is 0 Å². The molecule has 1 aromatic carbocycles. The average molecular weight is 248 g/mol. The highest BCUT2D eigenvalue weighted by molar-refractivity contribution is 5.74. The van der Waals surface area contributed by atoms with E-state index >= 15 is 0 Å². The Morgan fingerprint density at radius 3 is 2.33 bits per heavy atom. The topological polar surface area (TPSA) is 58.2 Å². The summed E-state index contributed by atoms with van der Waals surface area (Å²) in [7, 11) is 0. The van der Waals surface area contributed by atoms with Gasteiger partial charge in [-0.25, -0.2) is 0 Å². The highest BCUT2D eigenvalue weighted by atomic mass is 16.2. The minimum Gasteiger partial charge on any atom is -0.354 e. The third-order valence-electron chi connectivity index (χ3n) is 2.63. The molecule has 1 aromatic rings. The van der Waals surface area contributed by atoms with Gasteiger partial charge in [-0.1, -0.05) is 30.3 Å². The minimum atomic E-state index is -0.0786. The van der Waals surface area contributed by atoms with Crippen molar-refractivity contribution in [3.8, 4) is 0 Å². The van der Waals surface area contributed by atoms with Crippen LogP contribution in [-0.2, 0) is 16.0 Å². The first-order chi connectivity index (χ1) is 8.58. The van der Waals surface area contributed by atoms with Crippen LogP contribution >= 0.6 is 0 Å². The van der Waals surface area contributed by atoms with Gasteiger partial charge in [-0.3, -0.25) is 9.59 Å². The van der Waals surface area contributed by atoms with Crippen LogP contribution in [0.15, 0.2) is 30.3 Å². The second kappa shape index (κ2) is 7.48. The molecule has 1 atom stereocenters. The molecule has 0 saturated heterocycles. The van der Waals surface area contributed by atoms with Crippen LogP contribution in [0.3, 0.4) is 0 Å². The fourth-order valence-electron chi connectivity index (χ4n) is 1.77. The zero-order valence-corrected chi connectivity index (χ0v) is 10.9. The standard InChI is InChI=1S/C14H20N2O2/c1-11(17)15-10-14(16-12(2)18)9-8-13-6-4-3-5-7-13/h3-7,14H,8-10H2,1-2H3,(H,15,17)(H,16,18). The summed E-state index contributed by atoms with van der Waals surface area (Å²) in [6, 6.07) is 10.1. The molecule has 0 heterocycles. The normalized spacial score (nSPS) is 11.7. The Balaban J connectivity index is 2.45. The first kappa shape index (κ1) is 14.2. The van der Waals surface area contributed by atoms with Crippen LogP contribution in [0.2, 0.25) is 0 Å². The highest BCUT2D eigenvalue weighted by Crippen LogP contribution is 2.04. The van der Waals surface area contributed by atoms with Crippen LogP contribution in [0, 0.1) is 0 Å². The Morgan fingerprint density at radius 2 is 1.78 bits per heavy atom. The van der Waals surface area contributed by atoms with Crippen molar-refractivity contribution >= 4 is 11.8 Å². The van der Waals surface area contributed by atoms with E-state index in [0.29, 0.717) is 6.54 Å². The minimum absolute atomic E-state index is 0.0217. The Bertz CT molecular complexity index is 390. The number of carbonyl (C=O) groups is 2. The molecule has 2 amide bonds. The van der Waals surface area contributed by atoms with Crippen LogP contribution < -0.4 is 10.6 Å². The van der Waals surface area contributed by atoms with Crippen molar-refractivity contribution in [2.45, 2.75) is 32.7 Å². The lowest BCUT2D eigenvalue weighted by atomic mass is 10.1. The summed E-state index contributed by atoms with van der Waals surface area (Å²) in [5.41, 5.74) is 1.23. The van der Waals surface area contributed by atoms with Crippen molar-refractivity contribution in [2.75, 3.05) is 6.54 Å². The van der Waals surface area contributed by atoms with Gasteiger partial charge in [-0.05, 0) is 18.4 Å². The van der Waals surface area contributed by atoms with Crippen molar-refractivity contribution in [3.63, 3.8) is 0 Å². The van der Waals surface area contributed by atoms with E-state index in [1.165, 1.54) is 19.4 Å². The molecule has 1 unspecified atom stereocenters. The van der Waals surface area contributed by atoms with E-state index in [1.807, 2.05) is 18.2 Å². The van der Waals surface area contributed by atoms with E-state index in [4.69, 9.17) is 0 Å². The van der Waals surface area contributed by atoms with E-state index in [-0.39, 0.29) is 17.9 Å². The van der Waals surface area contributed by atoms with Gasteiger partial charge in [0, 0.05) is 26.4 Å². The number of nitrogens with one attached hydrogen (secondary N) is 2. The van der Waals surface area contributed by atoms with E-state index in [9.17, 15) is 9.59 Å². The van der Waals surface area contributed by atoms with E-state index < -0.39 is 0 Å². The maximum atomic E-state index is 11.1. The third kappa shape index (κ3) is 6.03. The molecule has 0 aliphatic rings. The zero-order valence-electron chi connectivity index (χ0n) is 10.9. The number of hydrogen-bond acceptors (Lipinski definition) is 2. The van der Waals surface area contributed by atoms with Crippen LogP contribution in [0.4, 0.5) is 0 Å². The van der Waals surface area contributed by atoms with Gasteiger partial charge >= 0.3 is 0 Å². The number of benzene rings is 1. The summed E-state index contributed by atoms with van der Waals surface area (Å²) >= 11 is 0. The predicted molar refractivity (Wildman–Crippen MR) is 71.1 cm³/mol. The molecule has 0 spiro atoms. The third-order valence-corrected chi connectivity index (χ3v) is 2.63. The molecule has 4 heteroatoms. The van der Waals surface area contributed by atoms with Gasteiger partial charge < -0.3 is 10.6 Å². The van der Waals surface area contributed by atoms with Crippen LogP contribution in [0.5, 0.6) is 0 Å². The van der Waals surface area contributed by atoms with Crippen LogP contribution in [0.25, 0.3) is 0 Å². The number of hydrogen-bond donors (Lipinski definition) is 2. The van der Waals surface area contributed by atoms with Crippen LogP contribution in [-0.4, -0.2) is 24.4 Å². The molecule has 0 aromatic heterocycles. The molecule has 0 radical (unpaired) electrons. The largest absolute Gasteiger partial charge is 0.354 e. The van der Waals surface area contributed by atoms with Gasteiger partial charge in [-0.15, -0.1) is 0 Å². The molecular weight excluding hydrogens is 228 g/mol. The lowest BCUT2D eigenvalue weighted by Crippen LogP contribution is -2.42. The van der Waals surface area contributed by atoms with Gasteiger partial charge in [0.1, 0.15) is 0 Å². The van der Waals surface area contributed by atoms with E-state index in [1.54, 1.807) is 0 Å². The van der Waals surface area contributed by atoms with Gasteiger partial charge in [0.15, 0.2) is 0 Å². The lowest BCUT2D eigenvalue weighted by molar-refractivity contribution is -0.121. The van der Waals surface area contributed by atoms with E-state index in [2.05, 4.69) is 22.8 Å². The fraction of sp³-hybridized carbons (Fsp3) is 0.429. The number of rotatable bonds is 6. The maximum absolute atomic E-state index is 11.1. The molecule has 0 fully saturated rings. The van der Waals surface area contributed by atoms with Gasteiger partial charge in [0.2, 0.25) is 11.8 Å². The second-order valence-electron chi connectivity index (χ2n) is 4.36. The SMILES string of the molecule is CC(=O)NCC(CCc1ccccc1)NC(C)=O. The molecular formula is C14H20N2O2. The quantitative estimate of drug-likeness (QED) is 0.796. The molecule has 0 bridgehead atoms. The Morgan fingerprint density at radius 1 is 1.11 bits per heavy atom. The Hall–Kier alpha value is -1.84.